The molecule has 1 aromatic rings. The Morgan fingerprint density at radius 3 is 2.65 bits per heavy atom. The summed E-state index contributed by atoms with van der Waals surface area (Å²) < 4.78 is 0. The average molecular weight is 297 g/mol. The highest BCUT2D eigenvalue weighted by atomic mass is 32.1. The van der Waals surface area contributed by atoms with Gasteiger partial charge in [0.25, 0.3) is 0 Å². The third-order valence-corrected chi connectivity index (χ3v) is 3.87. The molecule has 1 aromatic heterocycles. The summed E-state index contributed by atoms with van der Waals surface area (Å²) in [4.78, 5) is 24.4. The standard InChI is InChI=1S/C14H23N3O2S/c1-4-7-11(12-8-6-9-20-12)16-10(3)13(18)17-14(19)15-5-2/h6,8-11,16H,4-5,7H2,1-3H3,(H2,15,17,18,19). The van der Waals surface area contributed by atoms with Crippen molar-refractivity contribution in [2.45, 2.75) is 45.7 Å². The van der Waals surface area contributed by atoms with Crippen LogP contribution in [0.25, 0.3) is 0 Å². The highest BCUT2D eigenvalue weighted by Gasteiger charge is 2.20. The monoisotopic (exact) mass is 297 g/mol. The van der Waals surface area contributed by atoms with Gasteiger partial charge in [0.05, 0.1) is 6.04 Å². The summed E-state index contributed by atoms with van der Waals surface area (Å²) in [5, 5.41) is 10.2. The predicted octanol–water partition coefficient (Wildman–Crippen LogP) is 2.41. The van der Waals surface area contributed by atoms with E-state index in [1.807, 2.05) is 11.4 Å². The summed E-state index contributed by atoms with van der Waals surface area (Å²) in [5.41, 5.74) is 0. The summed E-state index contributed by atoms with van der Waals surface area (Å²) >= 11 is 1.67. The lowest BCUT2D eigenvalue weighted by molar-refractivity contribution is -0.121. The molecule has 0 fully saturated rings. The van der Waals surface area contributed by atoms with E-state index in [1.165, 1.54) is 4.88 Å². The van der Waals surface area contributed by atoms with Gasteiger partial charge >= 0.3 is 6.03 Å². The summed E-state index contributed by atoms with van der Waals surface area (Å²) in [7, 11) is 0. The van der Waals surface area contributed by atoms with Gasteiger partial charge in [0.1, 0.15) is 0 Å². The second kappa shape index (κ2) is 8.71. The topological polar surface area (TPSA) is 70.2 Å². The van der Waals surface area contributed by atoms with Crippen LogP contribution in [0.4, 0.5) is 4.79 Å². The van der Waals surface area contributed by atoms with Gasteiger partial charge in [-0.3, -0.25) is 15.4 Å². The van der Waals surface area contributed by atoms with Gasteiger partial charge in [-0.15, -0.1) is 11.3 Å². The summed E-state index contributed by atoms with van der Waals surface area (Å²) in [6.07, 6.45) is 1.99. The van der Waals surface area contributed by atoms with Gasteiger partial charge in [-0.25, -0.2) is 4.79 Å². The molecule has 0 aliphatic rings. The first-order valence-corrected chi connectivity index (χ1v) is 7.84. The summed E-state index contributed by atoms with van der Waals surface area (Å²) in [5.74, 6) is -0.311. The van der Waals surface area contributed by atoms with Crippen LogP contribution >= 0.6 is 11.3 Å². The summed E-state index contributed by atoms with van der Waals surface area (Å²) in [6, 6.07) is 3.34. The fourth-order valence-corrected chi connectivity index (χ4v) is 2.71. The molecule has 2 unspecified atom stereocenters. The Balaban J connectivity index is 2.55. The molecule has 0 saturated carbocycles. The van der Waals surface area contributed by atoms with Crippen LogP contribution in [0.5, 0.6) is 0 Å². The van der Waals surface area contributed by atoms with Crippen LogP contribution in [-0.4, -0.2) is 24.5 Å². The van der Waals surface area contributed by atoms with Gasteiger partial charge in [-0.1, -0.05) is 19.4 Å². The molecule has 0 bridgehead atoms. The van der Waals surface area contributed by atoms with E-state index in [0.29, 0.717) is 6.54 Å². The predicted molar refractivity (Wildman–Crippen MR) is 81.8 cm³/mol. The number of imide groups is 1. The molecule has 0 aromatic carbocycles. The van der Waals surface area contributed by atoms with Gasteiger partial charge in [0, 0.05) is 17.5 Å². The number of nitrogens with one attached hydrogen (secondary N) is 3. The van der Waals surface area contributed by atoms with Crippen LogP contribution in [0.2, 0.25) is 0 Å². The fourth-order valence-electron chi connectivity index (χ4n) is 1.89. The Hall–Kier alpha value is -1.40. The smallest absolute Gasteiger partial charge is 0.321 e. The number of thiophene rings is 1. The Morgan fingerprint density at radius 2 is 2.10 bits per heavy atom. The second-order valence-corrected chi connectivity index (χ2v) is 5.57. The second-order valence-electron chi connectivity index (χ2n) is 4.59. The molecule has 0 aliphatic carbocycles. The van der Waals surface area contributed by atoms with Gasteiger partial charge in [-0.05, 0) is 31.7 Å². The number of urea groups is 1. The van der Waals surface area contributed by atoms with Gasteiger partial charge in [0.15, 0.2) is 0 Å². The van der Waals surface area contributed by atoms with Crippen molar-refractivity contribution in [3.05, 3.63) is 22.4 Å². The van der Waals surface area contributed by atoms with E-state index >= 15 is 0 Å². The highest BCUT2D eigenvalue weighted by molar-refractivity contribution is 7.10. The van der Waals surface area contributed by atoms with Crippen molar-refractivity contribution in [1.82, 2.24) is 16.0 Å². The molecule has 3 amide bonds. The molecular formula is C14H23N3O2S. The molecule has 112 valence electrons. The van der Waals surface area contributed by atoms with Crippen molar-refractivity contribution >= 4 is 23.3 Å². The minimum atomic E-state index is -0.450. The lowest BCUT2D eigenvalue weighted by Crippen LogP contribution is -2.48. The normalized spacial score (nSPS) is 13.6. The van der Waals surface area contributed by atoms with Crippen LogP contribution in [0.15, 0.2) is 17.5 Å². The maximum Gasteiger partial charge on any atom is 0.321 e. The zero-order valence-corrected chi connectivity index (χ0v) is 13.0. The van der Waals surface area contributed by atoms with E-state index in [2.05, 4.69) is 28.9 Å². The number of amides is 3. The molecule has 1 rings (SSSR count). The van der Waals surface area contributed by atoms with Crippen molar-refractivity contribution in [2.24, 2.45) is 0 Å². The molecule has 5 nitrogen and oxygen atoms in total. The van der Waals surface area contributed by atoms with Crippen LogP contribution in [0.1, 0.15) is 44.5 Å². The highest BCUT2D eigenvalue weighted by Crippen LogP contribution is 2.23. The summed E-state index contributed by atoms with van der Waals surface area (Å²) in [6.45, 7) is 6.18. The number of carbonyl (C=O) groups excluding carboxylic acids is 2. The van der Waals surface area contributed by atoms with E-state index in [0.717, 1.165) is 12.8 Å². The van der Waals surface area contributed by atoms with Crippen molar-refractivity contribution in [2.75, 3.05) is 6.54 Å². The van der Waals surface area contributed by atoms with Crippen LogP contribution < -0.4 is 16.0 Å². The largest absolute Gasteiger partial charge is 0.338 e. The molecular weight excluding hydrogens is 274 g/mol. The van der Waals surface area contributed by atoms with Crippen LogP contribution in [0, 0.1) is 0 Å². The minimum Gasteiger partial charge on any atom is -0.338 e. The molecule has 0 saturated heterocycles. The zero-order valence-electron chi connectivity index (χ0n) is 12.2. The van der Waals surface area contributed by atoms with Crippen molar-refractivity contribution < 1.29 is 9.59 Å². The Bertz CT molecular complexity index is 420. The van der Waals surface area contributed by atoms with Gasteiger partial charge < -0.3 is 5.32 Å². The number of carbonyl (C=O) groups is 2. The van der Waals surface area contributed by atoms with Gasteiger partial charge in [-0.2, -0.15) is 0 Å². The van der Waals surface area contributed by atoms with E-state index in [4.69, 9.17) is 0 Å². The number of rotatable bonds is 7. The number of hydrogen-bond donors (Lipinski definition) is 3. The lowest BCUT2D eigenvalue weighted by atomic mass is 10.1. The molecule has 2 atom stereocenters. The molecule has 20 heavy (non-hydrogen) atoms. The van der Waals surface area contributed by atoms with Gasteiger partial charge in [0.2, 0.25) is 5.91 Å². The van der Waals surface area contributed by atoms with Crippen molar-refractivity contribution in [3.8, 4) is 0 Å². The van der Waals surface area contributed by atoms with E-state index in [9.17, 15) is 9.59 Å². The Morgan fingerprint density at radius 1 is 1.35 bits per heavy atom. The SMILES string of the molecule is CCCC(NC(C)C(=O)NC(=O)NCC)c1cccs1. The van der Waals surface area contributed by atoms with Crippen molar-refractivity contribution in [3.63, 3.8) is 0 Å². The molecule has 6 heteroatoms. The quantitative estimate of drug-likeness (QED) is 0.724. The molecule has 0 spiro atoms. The zero-order chi connectivity index (χ0) is 15.0. The molecule has 3 N–H and O–H groups in total. The Labute approximate surface area is 124 Å². The van der Waals surface area contributed by atoms with E-state index in [-0.39, 0.29) is 11.9 Å². The number of hydrogen-bond acceptors (Lipinski definition) is 4. The maximum absolute atomic E-state index is 11.9. The minimum absolute atomic E-state index is 0.148. The van der Waals surface area contributed by atoms with Crippen LogP contribution in [0.3, 0.4) is 0 Å². The van der Waals surface area contributed by atoms with E-state index < -0.39 is 12.1 Å². The third kappa shape index (κ3) is 5.30. The van der Waals surface area contributed by atoms with Crippen molar-refractivity contribution in [1.29, 1.82) is 0 Å². The molecule has 0 aliphatic heterocycles. The van der Waals surface area contributed by atoms with E-state index in [1.54, 1.807) is 25.2 Å². The first kappa shape index (κ1) is 16.7. The molecule has 0 radical (unpaired) electrons. The first-order chi connectivity index (χ1) is 9.58. The fraction of sp³-hybridized carbons (Fsp3) is 0.571. The average Bonchev–Trinajstić information content (AvgIpc) is 2.92. The maximum atomic E-state index is 11.9. The lowest BCUT2D eigenvalue weighted by Gasteiger charge is -2.21. The third-order valence-electron chi connectivity index (χ3n) is 2.88. The Kier molecular flexibility index (Phi) is 7.25. The first-order valence-electron chi connectivity index (χ1n) is 6.96. The van der Waals surface area contributed by atoms with Crippen LogP contribution in [-0.2, 0) is 4.79 Å². The molecule has 1 heterocycles.